The highest BCUT2D eigenvalue weighted by Gasteiger charge is 2.47. The van der Waals surface area contributed by atoms with Crippen molar-refractivity contribution in [1.29, 1.82) is 0 Å². The van der Waals surface area contributed by atoms with Crippen LogP contribution in [0.5, 0.6) is 0 Å². The molecule has 0 aromatic carbocycles. The molecule has 2 unspecified atom stereocenters. The van der Waals surface area contributed by atoms with Gasteiger partial charge in [-0.2, -0.15) is 0 Å². The molecule has 2 atom stereocenters. The number of rotatable bonds is 5. The predicted molar refractivity (Wildman–Crippen MR) is 56.4 cm³/mol. The SMILES string of the molecule is CCCCC1C(=O)C(=O)C(=O)C1CCC. The van der Waals surface area contributed by atoms with Gasteiger partial charge in [0.15, 0.2) is 0 Å². The minimum absolute atomic E-state index is 0.315. The van der Waals surface area contributed by atoms with Gasteiger partial charge in [0.05, 0.1) is 0 Å². The third-order valence-electron chi connectivity index (χ3n) is 3.08. The van der Waals surface area contributed by atoms with E-state index in [9.17, 15) is 14.4 Å². The Morgan fingerprint density at radius 3 is 1.87 bits per heavy atom. The van der Waals surface area contributed by atoms with Gasteiger partial charge in [-0.1, -0.05) is 33.1 Å². The molecule has 0 saturated heterocycles. The maximum Gasteiger partial charge on any atom is 0.264 e. The molecule has 0 aliphatic heterocycles. The molecular formula is C12H18O3. The highest BCUT2D eigenvalue weighted by molar-refractivity contribution is 6.68. The van der Waals surface area contributed by atoms with E-state index < -0.39 is 17.3 Å². The Kier molecular flexibility index (Phi) is 4.18. The third kappa shape index (κ3) is 2.33. The van der Waals surface area contributed by atoms with E-state index in [4.69, 9.17) is 0 Å². The largest absolute Gasteiger partial charge is 0.290 e. The van der Waals surface area contributed by atoms with E-state index in [1.807, 2.05) is 13.8 Å². The van der Waals surface area contributed by atoms with Gasteiger partial charge >= 0.3 is 0 Å². The van der Waals surface area contributed by atoms with Crippen molar-refractivity contribution >= 4 is 17.3 Å². The Bertz CT molecular complexity index is 281. The van der Waals surface area contributed by atoms with Gasteiger partial charge in [0.2, 0.25) is 11.6 Å². The molecule has 0 amide bonds. The first-order valence-electron chi connectivity index (χ1n) is 5.75. The van der Waals surface area contributed by atoms with E-state index in [1.165, 1.54) is 0 Å². The smallest absolute Gasteiger partial charge is 0.264 e. The van der Waals surface area contributed by atoms with Gasteiger partial charge in [0, 0.05) is 11.8 Å². The van der Waals surface area contributed by atoms with Crippen molar-refractivity contribution in [2.75, 3.05) is 0 Å². The lowest BCUT2D eigenvalue weighted by molar-refractivity contribution is -0.141. The molecule has 1 rings (SSSR count). The minimum atomic E-state index is -0.755. The summed E-state index contributed by atoms with van der Waals surface area (Å²) in [6.45, 7) is 4.01. The second-order valence-electron chi connectivity index (χ2n) is 4.20. The van der Waals surface area contributed by atoms with Crippen molar-refractivity contribution in [2.24, 2.45) is 11.8 Å². The first-order chi connectivity index (χ1) is 7.13. The molecule has 3 heteroatoms. The van der Waals surface area contributed by atoms with Crippen LogP contribution in [-0.4, -0.2) is 17.3 Å². The molecule has 84 valence electrons. The molecule has 1 aliphatic carbocycles. The molecule has 0 aromatic rings. The zero-order valence-electron chi connectivity index (χ0n) is 9.41. The fourth-order valence-corrected chi connectivity index (χ4v) is 2.22. The van der Waals surface area contributed by atoms with Crippen LogP contribution in [0.2, 0.25) is 0 Å². The second-order valence-corrected chi connectivity index (χ2v) is 4.20. The molecular weight excluding hydrogens is 192 g/mol. The average molecular weight is 210 g/mol. The van der Waals surface area contributed by atoms with Crippen LogP contribution in [0, 0.1) is 11.8 Å². The predicted octanol–water partition coefficient (Wildman–Crippen LogP) is 1.93. The van der Waals surface area contributed by atoms with Crippen LogP contribution in [0.15, 0.2) is 0 Å². The van der Waals surface area contributed by atoms with Crippen LogP contribution in [0.1, 0.15) is 46.0 Å². The van der Waals surface area contributed by atoms with Gasteiger partial charge < -0.3 is 0 Å². The van der Waals surface area contributed by atoms with Crippen molar-refractivity contribution in [1.82, 2.24) is 0 Å². The fourth-order valence-electron chi connectivity index (χ4n) is 2.22. The Balaban J connectivity index is 2.75. The van der Waals surface area contributed by atoms with Gasteiger partial charge in [-0.15, -0.1) is 0 Å². The molecule has 0 aromatic heterocycles. The number of hydrogen-bond acceptors (Lipinski definition) is 3. The number of Topliss-reactive ketones (excluding diaryl/α,β-unsaturated/α-hetero) is 3. The summed E-state index contributed by atoms with van der Waals surface area (Å²) in [5, 5.41) is 0. The first kappa shape index (κ1) is 12.1. The van der Waals surface area contributed by atoms with Crippen LogP contribution < -0.4 is 0 Å². The number of carbonyl (C=O) groups excluding carboxylic acids is 3. The first-order valence-corrected chi connectivity index (χ1v) is 5.75. The van der Waals surface area contributed by atoms with Crippen molar-refractivity contribution in [3.05, 3.63) is 0 Å². The van der Waals surface area contributed by atoms with E-state index in [2.05, 4.69) is 0 Å². The van der Waals surface area contributed by atoms with Gasteiger partial charge in [0.25, 0.3) is 5.78 Å². The van der Waals surface area contributed by atoms with Crippen molar-refractivity contribution in [2.45, 2.75) is 46.0 Å². The maximum absolute atomic E-state index is 11.5. The molecule has 0 N–H and O–H groups in total. The summed E-state index contributed by atoms with van der Waals surface area (Å²) in [6, 6.07) is 0. The van der Waals surface area contributed by atoms with Crippen LogP contribution in [-0.2, 0) is 14.4 Å². The maximum atomic E-state index is 11.5. The summed E-state index contributed by atoms with van der Waals surface area (Å²) >= 11 is 0. The van der Waals surface area contributed by atoms with E-state index in [1.54, 1.807) is 0 Å². The summed E-state index contributed by atoms with van der Waals surface area (Å²) in [5.74, 6) is -2.27. The third-order valence-corrected chi connectivity index (χ3v) is 3.08. The van der Waals surface area contributed by atoms with Crippen molar-refractivity contribution in [3.63, 3.8) is 0 Å². The lowest BCUT2D eigenvalue weighted by Crippen LogP contribution is -2.17. The molecule has 0 radical (unpaired) electrons. The molecule has 0 spiro atoms. The summed E-state index contributed by atoms with van der Waals surface area (Å²) in [4.78, 5) is 34.3. The number of ketones is 3. The molecule has 1 fully saturated rings. The lowest BCUT2D eigenvalue weighted by Gasteiger charge is -2.14. The Morgan fingerprint density at radius 1 is 0.867 bits per heavy atom. The topological polar surface area (TPSA) is 51.2 Å². The average Bonchev–Trinajstić information content (AvgIpc) is 2.42. The minimum Gasteiger partial charge on any atom is -0.290 e. The molecule has 1 saturated carbocycles. The molecule has 0 heterocycles. The van der Waals surface area contributed by atoms with Crippen molar-refractivity contribution in [3.8, 4) is 0 Å². The van der Waals surface area contributed by atoms with Crippen LogP contribution in [0.4, 0.5) is 0 Å². The van der Waals surface area contributed by atoms with Gasteiger partial charge in [-0.3, -0.25) is 14.4 Å². The quantitative estimate of drug-likeness (QED) is 0.651. The van der Waals surface area contributed by atoms with Crippen LogP contribution >= 0.6 is 0 Å². The molecule has 3 nitrogen and oxygen atoms in total. The van der Waals surface area contributed by atoms with Gasteiger partial charge in [-0.25, -0.2) is 0 Å². The highest BCUT2D eigenvalue weighted by atomic mass is 16.2. The van der Waals surface area contributed by atoms with E-state index in [-0.39, 0.29) is 11.8 Å². The number of hydrogen-bond donors (Lipinski definition) is 0. The summed E-state index contributed by atoms with van der Waals surface area (Å²) in [7, 11) is 0. The molecule has 0 bridgehead atoms. The Hall–Kier alpha value is -0.990. The standard InChI is InChI=1S/C12H18O3/c1-3-5-7-9-8(6-4-2)10(13)12(15)11(9)14/h8-9H,3-7H2,1-2H3. The van der Waals surface area contributed by atoms with E-state index >= 15 is 0 Å². The number of unbranched alkanes of at least 4 members (excludes halogenated alkanes) is 1. The van der Waals surface area contributed by atoms with E-state index in [0.29, 0.717) is 12.8 Å². The highest BCUT2D eigenvalue weighted by Crippen LogP contribution is 2.31. The van der Waals surface area contributed by atoms with Crippen LogP contribution in [0.3, 0.4) is 0 Å². The Labute approximate surface area is 90.2 Å². The van der Waals surface area contributed by atoms with E-state index in [0.717, 1.165) is 19.3 Å². The monoisotopic (exact) mass is 210 g/mol. The zero-order chi connectivity index (χ0) is 11.4. The summed E-state index contributed by atoms with van der Waals surface area (Å²) in [6.07, 6.45) is 4.12. The lowest BCUT2D eigenvalue weighted by atomic mass is 9.87. The zero-order valence-corrected chi connectivity index (χ0v) is 9.41. The van der Waals surface area contributed by atoms with Crippen molar-refractivity contribution < 1.29 is 14.4 Å². The molecule has 1 aliphatic rings. The normalized spacial score (nSPS) is 26.4. The molecule has 15 heavy (non-hydrogen) atoms. The van der Waals surface area contributed by atoms with Gasteiger partial charge in [0.1, 0.15) is 0 Å². The summed E-state index contributed by atoms with van der Waals surface area (Å²) < 4.78 is 0. The summed E-state index contributed by atoms with van der Waals surface area (Å²) in [5.41, 5.74) is 0. The Morgan fingerprint density at radius 2 is 1.40 bits per heavy atom. The van der Waals surface area contributed by atoms with Crippen LogP contribution in [0.25, 0.3) is 0 Å². The number of carbonyl (C=O) groups is 3. The second kappa shape index (κ2) is 5.19. The van der Waals surface area contributed by atoms with Gasteiger partial charge in [-0.05, 0) is 12.8 Å². The fraction of sp³-hybridized carbons (Fsp3) is 0.750.